The molecule has 0 aliphatic carbocycles. The molecule has 33 heavy (non-hydrogen) atoms. The molecule has 6 heteroatoms. The van der Waals surface area contributed by atoms with Crippen molar-refractivity contribution >= 4 is 23.5 Å². The average molecular weight is 440 g/mol. The minimum Gasteiger partial charge on any atom is -0.493 e. The summed E-state index contributed by atoms with van der Waals surface area (Å²) in [6.07, 6.45) is 1.77. The average Bonchev–Trinajstić information content (AvgIpc) is 3.43. The van der Waals surface area contributed by atoms with Crippen LogP contribution in [0.1, 0.15) is 25.0 Å². The molecule has 0 aromatic heterocycles. The molecule has 0 saturated heterocycles. The van der Waals surface area contributed by atoms with E-state index in [1.807, 2.05) is 72.8 Å². The van der Waals surface area contributed by atoms with Gasteiger partial charge >= 0.3 is 0 Å². The van der Waals surface area contributed by atoms with E-state index in [1.54, 1.807) is 11.0 Å². The lowest BCUT2D eigenvalue weighted by molar-refractivity contribution is -0.113. The van der Waals surface area contributed by atoms with Crippen molar-refractivity contribution in [3.8, 4) is 17.2 Å². The van der Waals surface area contributed by atoms with Gasteiger partial charge in [0, 0.05) is 5.56 Å². The van der Waals surface area contributed by atoms with Crippen molar-refractivity contribution in [2.24, 2.45) is 10.9 Å². The van der Waals surface area contributed by atoms with Crippen LogP contribution in [0.4, 0.5) is 5.69 Å². The molecule has 2 aliphatic rings. The number of benzene rings is 3. The van der Waals surface area contributed by atoms with Gasteiger partial charge in [-0.3, -0.25) is 9.69 Å². The first kappa shape index (κ1) is 20.8. The van der Waals surface area contributed by atoms with Crippen LogP contribution in [0.2, 0.25) is 0 Å². The van der Waals surface area contributed by atoms with E-state index < -0.39 is 0 Å². The van der Waals surface area contributed by atoms with Crippen molar-refractivity contribution in [2.75, 3.05) is 18.3 Å². The molecule has 0 radical (unpaired) electrons. The number of hydrogen-bond donors (Lipinski definition) is 0. The van der Waals surface area contributed by atoms with Crippen molar-refractivity contribution < 1.29 is 19.0 Å². The van der Waals surface area contributed by atoms with Gasteiger partial charge in [-0.2, -0.15) is 0 Å². The SMILES string of the molecule is CC(C)COc1ccc(C2=N/C(=C/c3ccc4c(c3)OCO4)C(=O)N2c2ccccc2)cc1. The molecular formula is C27H24N2O4. The Labute approximate surface area is 192 Å². The van der Waals surface area contributed by atoms with E-state index >= 15 is 0 Å². The summed E-state index contributed by atoms with van der Waals surface area (Å²) in [7, 11) is 0. The van der Waals surface area contributed by atoms with E-state index in [-0.39, 0.29) is 12.7 Å². The second kappa shape index (κ2) is 8.82. The van der Waals surface area contributed by atoms with Gasteiger partial charge in [-0.1, -0.05) is 38.1 Å². The van der Waals surface area contributed by atoms with E-state index in [2.05, 4.69) is 13.8 Å². The van der Waals surface area contributed by atoms with Crippen LogP contribution < -0.4 is 19.1 Å². The predicted octanol–water partition coefficient (Wildman–Crippen LogP) is 5.28. The Hall–Kier alpha value is -4.06. The van der Waals surface area contributed by atoms with Crippen LogP contribution in [-0.4, -0.2) is 25.1 Å². The predicted molar refractivity (Wildman–Crippen MR) is 128 cm³/mol. The van der Waals surface area contributed by atoms with E-state index in [0.717, 1.165) is 22.6 Å². The van der Waals surface area contributed by atoms with Crippen LogP contribution in [0.3, 0.4) is 0 Å². The first-order valence-electron chi connectivity index (χ1n) is 10.9. The maximum atomic E-state index is 13.4. The quantitative estimate of drug-likeness (QED) is 0.489. The minimum absolute atomic E-state index is 0.186. The standard InChI is InChI=1S/C27H24N2O4/c1-18(2)16-31-22-11-9-20(10-12-22)26-28-23(27(30)29(26)21-6-4-3-5-7-21)14-19-8-13-24-25(15-19)33-17-32-24/h3-15,18H,16-17H2,1-2H3/b23-14+. The molecule has 6 nitrogen and oxygen atoms in total. The Bertz CT molecular complexity index is 1230. The molecule has 0 saturated carbocycles. The topological polar surface area (TPSA) is 60.4 Å². The number of rotatable bonds is 6. The number of fused-ring (bicyclic) bond motifs is 1. The molecule has 0 unspecified atom stereocenters. The molecule has 0 bridgehead atoms. The van der Waals surface area contributed by atoms with E-state index in [0.29, 0.717) is 35.6 Å². The van der Waals surface area contributed by atoms with Crippen molar-refractivity contribution in [1.82, 2.24) is 0 Å². The Morgan fingerprint density at radius 2 is 1.76 bits per heavy atom. The largest absolute Gasteiger partial charge is 0.493 e. The molecular weight excluding hydrogens is 416 g/mol. The third-order valence-corrected chi connectivity index (χ3v) is 5.27. The fourth-order valence-corrected chi connectivity index (χ4v) is 3.65. The smallest absolute Gasteiger partial charge is 0.282 e. The number of hydrogen-bond acceptors (Lipinski definition) is 5. The molecule has 5 rings (SSSR count). The summed E-state index contributed by atoms with van der Waals surface area (Å²) < 4.78 is 16.6. The number of aliphatic imine (C=N–C) groups is 1. The fraction of sp³-hybridized carbons (Fsp3) is 0.185. The molecule has 3 aromatic rings. The van der Waals surface area contributed by atoms with Gasteiger partial charge in [-0.25, -0.2) is 4.99 Å². The monoisotopic (exact) mass is 440 g/mol. The highest BCUT2D eigenvalue weighted by Crippen LogP contribution is 2.34. The number of amidine groups is 1. The highest BCUT2D eigenvalue weighted by Gasteiger charge is 2.32. The van der Waals surface area contributed by atoms with E-state index in [9.17, 15) is 4.79 Å². The van der Waals surface area contributed by atoms with Gasteiger partial charge < -0.3 is 14.2 Å². The van der Waals surface area contributed by atoms with Crippen molar-refractivity contribution in [2.45, 2.75) is 13.8 Å². The van der Waals surface area contributed by atoms with Crippen LogP contribution >= 0.6 is 0 Å². The molecule has 0 N–H and O–H groups in total. The zero-order chi connectivity index (χ0) is 22.8. The molecule has 2 heterocycles. The number of nitrogens with zero attached hydrogens (tertiary/aromatic N) is 2. The lowest BCUT2D eigenvalue weighted by atomic mass is 10.1. The van der Waals surface area contributed by atoms with E-state index in [4.69, 9.17) is 19.2 Å². The van der Waals surface area contributed by atoms with Crippen LogP contribution in [0, 0.1) is 5.92 Å². The highest BCUT2D eigenvalue weighted by molar-refractivity contribution is 6.33. The maximum Gasteiger partial charge on any atom is 0.282 e. The van der Waals surface area contributed by atoms with Gasteiger partial charge in [0.25, 0.3) is 5.91 Å². The lowest BCUT2D eigenvalue weighted by Crippen LogP contribution is -2.32. The number of ether oxygens (including phenoxy) is 3. The van der Waals surface area contributed by atoms with Gasteiger partial charge in [0.2, 0.25) is 6.79 Å². The van der Waals surface area contributed by atoms with Crippen molar-refractivity contribution in [1.29, 1.82) is 0 Å². The maximum absolute atomic E-state index is 13.4. The zero-order valence-electron chi connectivity index (χ0n) is 18.5. The number of carbonyl (C=O) groups excluding carboxylic acids is 1. The number of para-hydroxylation sites is 1. The Balaban J connectivity index is 1.50. The summed E-state index contributed by atoms with van der Waals surface area (Å²) in [5.74, 6) is 2.99. The molecule has 166 valence electrons. The summed E-state index contributed by atoms with van der Waals surface area (Å²) >= 11 is 0. The summed E-state index contributed by atoms with van der Waals surface area (Å²) in [5, 5.41) is 0. The molecule has 0 spiro atoms. The molecule has 2 aliphatic heterocycles. The molecule has 0 atom stereocenters. The molecule has 1 amide bonds. The summed E-state index contributed by atoms with van der Waals surface area (Å²) in [6.45, 7) is 5.07. The third kappa shape index (κ3) is 4.32. The first-order chi connectivity index (χ1) is 16.1. The third-order valence-electron chi connectivity index (χ3n) is 5.27. The lowest BCUT2D eigenvalue weighted by Gasteiger charge is -2.18. The van der Waals surface area contributed by atoms with Gasteiger partial charge in [-0.05, 0) is 66.1 Å². The van der Waals surface area contributed by atoms with Gasteiger partial charge in [0.05, 0.1) is 12.3 Å². The fourth-order valence-electron chi connectivity index (χ4n) is 3.65. The van der Waals surface area contributed by atoms with Crippen LogP contribution in [0.25, 0.3) is 6.08 Å². The minimum atomic E-state index is -0.186. The van der Waals surface area contributed by atoms with Crippen LogP contribution in [0.15, 0.2) is 83.5 Å². The van der Waals surface area contributed by atoms with Crippen LogP contribution in [-0.2, 0) is 4.79 Å². The number of amides is 1. The first-order valence-corrected chi connectivity index (χ1v) is 10.9. The Morgan fingerprint density at radius 1 is 1.00 bits per heavy atom. The molecule has 3 aromatic carbocycles. The summed E-state index contributed by atoms with van der Waals surface area (Å²) in [4.78, 5) is 19.8. The van der Waals surface area contributed by atoms with Crippen molar-refractivity contribution in [3.05, 3.63) is 89.6 Å². The Morgan fingerprint density at radius 3 is 2.52 bits per heavy atom. The summed E-state index contributed by atoms with van der Waals surface area (Å²) in [6, 6.07) is 22.8. The van der Waals surface area contributed by atoms with Gasteiger partial charge in [0.15, 0.2) is 11.5 Å². The van der Waals surface area contributed by atoms with Gasteiger partial charge in [-0.15, -0.1) is 0 Å². The number of anilines is 1. The highest BCUT2D eigenvalue weighted by atomic mass is 16.7. The zero-order valence-corrected chi connectivity index (χ0v) is 18.5. The summed E-state index contributed by atoms with van der Waals surface area (Å²) in [5.41, 5.74) is 2.76. The van der Waals surface area contributed by atoms with Crippen LogP contribution in [0.5, 0.6) is 17.2 Å². The van der Waals surface area contributed by atoms with Gasteiger partial charge in [0.1, 0.15) is 17.3 Å². The molecule has 0 fully saturated rings. The number of carbonyl (C=O) groups is 1. The normalized spacial score (nSPS) is 16.0. The second-order valence-electron chi connectivity index (χ2n) is 8.28. The van der Waals surface area contributed by atoms with E-state index in [1.165, 1.54) is 0 Å². The Kier molecular flexibility index (Phi) is 5.57. The van der Waals surface area contributed by atoms with Crippen molar-refractivity contribution in [3.63, 3.8) is 0 Å². The second-order valence-corrected chi connectivity index (χ2v) is 8.28.